The first-order valence-electron chi connectivity index (χ1n) is 6.30. The normalized spacial score (nSPS) is 17.7. The number of amides is 1. The molecule has 3 nitrogen and oxygen atoms in total. The van der Waals surface area contributed by atoms with E-state index in [1.54, 1.807) is 6.07 Å². The second kappa shape index (κ2) is 5.54. The Morgan fingerprint density at radius 3 is 2.53 bits per heavy atom. The van der Waals surface area contributed by atoms with Crippen molar-refractivity contribution >= 4 is 22.9 Å². The molecule has 0 unspecified atom stereocenters. The maximum Gasteiger partial charge on any atom is 0.266 e. The number of hydrogen-bond donors (Lipinski definition) is 1. The lowest BCUT2D eigenvalue weighted by molar-refractivity contribution is 0.0723. The van der Waals surface area contributed by atoms with Gasteiger partial charge in [0.15, 0.2) is 0 Å². The molecule has 2 rings (SSSR count). The van der Waals surface area contributed by atoms with E-state index in [4.69, 9.17) is 5.73 Å². The second-order valence-corrected chi connectivity index (χ2v) is 5.68. The number of anilines is 1. The van der Waals surface area contributed by atoms with Crippen LogP contribution in [0.25, 0.3) is 0 Å². The SMILES string of the molecule is CN(C(=O)c1sccc1N)C1CCCCCC1. The molecular weight excluding hydrogens is 232 g/mol. The van der Waals surface area contributed by atoms with Gasteiger partial charge in [0.05, 0.1) is 5.69 Å². The highest BCUT2D eigenvalue weighted by atomic mass is 32.1. The summed E-state index contributed by atoms with van der Waals surface area (Å²) in [6, 6.07) is 2.20. The van der Waals surface area contributed by atoms with Crippen LogP contribution >= 0.6 is 11.3 Å². The van der Waals surface area contributed by atoms with E-state index in [1.165, 1.54) is 37.0 Å². The van der Waals surface area contributed by atoms with Crippen LogP contribution in [0.5, 0.6) is 0 Å². The van der Waals surface area contributed by atoms with E-state index in [-0.39, 0.29) is 5.91 Å². The van der Waals surface area contributed by atoms with Crippen molar-refractivity contribution in [2.75, 3.05) is 12.8 Å². The fourth-order valence-corrected chi connectivity index (χ4v) is 3.26. The number of carbonyl (C=O) groups is 1. The highest BCUT2D eigenvalue weighted by molar-refractivity contribution is 7.12. The molecule has 0 spiro atoms. The number of rotatable bonds is 2. The van der Waals surface area contributed by atoms with E-state index in [0.29, 0.717) is 16.6 Å². The molecule has 17 heavy (non-hydrogen) atoms. The quantitative estimate of drug-likeness (QED) is 0.822. The molecule has 1 saturated carbocycles. The number of nitrogen functional groups attached to an aromatic ring is 1. The van der Waals surface area contributed by atoms with Gasteiger partial charge in [-0.2, -0.15) is 0 Å². The predicted octanol–water partition coefficient (Wildman–Crippen LogP) is 3.13. The number of nitrogens with two attached hydrogens (primary N) is 1. The molecule has 1 aromatic heterocycles. The Morgan fingerprint density at radius 1 is 1.35 bits per heavy atom. The summed E-state index contributed by atoms with van der Waals surface area (Å²) in [5.74, 6) is 0.0874. The van der Waals surface area contributed by atoms with Crippen molar-refractivity contribution in [3.05, 3.63) is 16.3 Å². The Hall–Kier alpha value is -1.03. The highest BCUT2D eigenvalue weighted by Crippen LogP contribution is 2.25. The maximum absolute atomic E-state index is 12.3. The molecule has 0 radical (unpaired) electrons. The summed E-state index contributed by atoms with van der Waals surface area (Å²) in [7, 11) is 1.91. The van der Waals surface area contributed by atoms with E-state index in [2.05, 4.69) is 0 Å². The van der Waals surface area contributed by atoms with Crippen molar-refractivity contribution < 1.29 is 4.79 Å². The molecule has 1 aliphatic carbocycles. The van der Waals surface area contributed by atoms with Gasteiger partial charge in [-0.1, -0.05) is 25.7 Å². The molecule has 1 heterocycles. The van der Waals surface area contributed by atoms with E-state index in [0.717, 1.165) is 12.8 Å². The first-order valence-corrected chi connectivity index (χ1v) is 7.18. The van der Waals surface area contributed by atoms with E-state index >= 15 is 0 Å². The largest absolute Gasteiger partial charge is 0.397 e. The smallest absolute Gasteiger partial charge is 0.266 e. The zero-order valence-corrected chi connectivity index (χ0v) is 11.1. The summed E-state index contributed by atoms with van der Waals surface area (Å²) in [6.45, 7) is 0. The fraction of sp³-hybridized carbons (Fsp3) is 0.615. The molecule has 1 amide bonds. The molecule has 0 saturated heterocycles. The van der Waals surface area contributed by atoms with Crippen LogP contribution in [-0.4, -0.2) is 23.9 Å². The van der Waals surface area contributed by atoms with Gasteiger partial charge in [-0.15, -0.1) is 11.3 Å². The Balaban J connectivity index is 2.06. The maximum atomic E-state index is 12.3. The molecule has 1 aromatic rings. The van der Waals surface area contributed by atoms with Gasteiger partial charge in [0.25, 0.3) is 5.91 Å². The second-order valence-electron chi connectivity index (χ2n) is 4.77. The fourth-order valence-electron chi connectivity index (χ4n) is 2.46. The summed E-state index contributed by atoms with van der Waals surface area (Å²) in [4.78, 5) is 14.9. The van der Waals surface area contributed by atoms with E-state index in [1.807, 2.05) is 17.3 Å². The first kappa shape index (κ1) is 12.4. The van der Waals surface area contributed by atoms with E-state index in [9.17, 15) is 4.79 Å². The number of thiophene rings is 1. The number of carbonyl (C=O) groups excluding carboxylic acids is 1. The standard InChI is InChI=1S/C13H20N2OS/c1-15(10-6-4-2-3-5-7-10)13(16)12-11(14)8-9-17-12/h8-10H,2-7,14H2,1H3. The summed E-state index contributed by atoms with van der Waals surface area (Å²) in [6.07, 6.45) is 7.35. The first-order chi connectivity index (χ1) is 8.20. The lowest BCUT2D eigenvalue weighted by Crippen LogP contribution is -2.36. The number of hydrogen-bond acceptors (Lipinski definition) is 3. The minimum absolute atomic E-state index is 0.0874. The van der Waals surface area contributed by atoms with Crippen LogP contribution < -0.4 is 5.73 Å². The Morgan fingerprint density at radius 2 is 2.00 bits per heavy atom. The van der Waals surface area contributed by atoms with Gasteiger partial charge in [-0.05, 0) is 24.3 Å². The van der Waals surface area contributed by atoms with Gasteiger partial charge < -0.3 is 10.6 Å². The van der Waals surface area contributed by atoms with Crippen LogP contribution in [0.4, 0.5) is 5.69 Å². The predicted molar refractivity (Wildman–Crippen MR) is 72.3 cm³/mol. The van der Waals surface area contributed by atoms with Gasteiger partial charge in [0.2, 0.25) is 0 Å². The van der Waals surface area contributed by atoms with Gasteiger partial charge >= 0.3 is 0 Å². The van der Waals surface area contributed by atoms with Crippen LogP contribution in [-0.2, 0) is 0 Å². The Labute approximate surface area is 107 Å². The molecule has 0 aromatic carbocycles. The molecule has 94 valence electrons. The van der Waals surface area contributed by atoms with Gasteiger partial charge in [0, 0.05) is 13.1 Å². The Kier molecular flexibility index (Phi) is 4.05. The lowest BCUT2D eigenvalue weighted by atomic mass is 10.1. The van der Waals surface area contributed by atoms with Crippen LogP contribution in [0.1, 0.15) is 48.2 Å². The molecule has 4 heteroatoms. The van der Waals surface area contributed by atoms with Crippen molar-refractivity contribution in [3.63, 3.8) is 0 Å². The minimum atomic E-state index is 0.0874. The zero-order chi connectivity index (χ0) is 12.3. The lowest BCUT2D eigenvalue weighted by Gasteiger charge is -2.27. The van der Waals surface area contributed by atoms with E-state index < -0.39 is 0 Å². The van der Waals surface area contributed by atoms with Crippen molar-refractivity contribution in [3.8, 4) is 0 Å². The molecule has 0 aliphatic heterocycles. The molecular formula is C13H20N2OS. The molecule has 0 atom stereocenters. The van der Waals surface area contributed by atoms with Gasteiger partial charge in [-0.25, -0.2) is 0 Å². The van der Waals surface area contributed by atoms with Crippen LogP contribution in [0, 0.1) is 0 Å². The van der Waals surface area contributed by atoms with Crippen molar-refractivity contribution in [1.29, 1.82) is 0 Å². The Bertz CT molecular complexity index is 381. The molecule has 1 aliphatic rings. The van der Waals surface area contributed by atoms with Gasteiger partial charge in [0.1, 0.15) is 4.88 Å². The third kappa shape index (κ3) is 2.80. The summed E-state index contributed by atoms with van der Waals surface area (Å²) in [5, 5.41) is 1.88. The van der Waals surface area contributed by atoms with Crippen LogP contribution in [0.2, 0.25) is 0 Å². The highest BCUT2D eigenvalue weighted by Gasteiger charge is 2.23. The molecule has 2 N–H and O–H groups in total. The van der Waals surface area contributed by atoms with Crippen molar-refractivity contribution in [2.24, 2.45) is 0 Å². The third-order valence-electron chi connectivity index (χ3n) is 3.58. The zero-order valence-electron chi connectivity index (χ0n) is 10.3. The molecule has 0 bridgehead atoms. The minimum Gasteiger partial charge on any atom is -0.397 e. The summed E-state index contributed by atoms with van der Waals surface area (Å²) < 4.78 is 0. The average Bonchev–Trinajstić information content (AvgIpc) is 2.60. The monoisotopic (exact) mass is 252 g/mol. The van der Waals surface area contributed by atoms with Crippen molar-refractivity contribution in [2.45, 2.75) is 44.6 Å². The topological polar surface area (TPSA) is 46.3 Å². The molecule has 1 fully saturated rings. The summed E-state index contributed by atoms with van der Waals surface area (Å²) >= 11 is 1.44. The van der Waals surface area contributed by atoms with Crippen LogP contribution in [0.3, 0.4) is 0 Å². The average molecular weight is 252 g/mol. The third-order valence-corrected chi connectivity index (χ3v) is 4.50. The van der Waals surface area contributed by atoms with Crippen LogP contribution in [0.15, 0.2) is 11.4 Å². The summed E-state index contributed by atoms with van der Waals surface area (Å²) in [5.41, 5.74) is 6.41. The number of nitrogens with zero attached hydrogens (tertiary/aromatic N) is 1. The van der Waals surface area contributed by atoms with Crippen molar-refractivity contribution in [1.82, 2.24) is 4.90 Å². The van der Waals surface area contributed by atoms with Gasteiger partial charge in [-0.3, -0.25) is 4.79 Å².